The quantitative estimate of drug-likeness (QED) is 0.891. The fraction of sp³-hybridized carbons (Fsp3) is 0.176. The zero-order valence-electron chi connectivity index (χ0n) is 12.9. The highest BCUT2D eigenvalue weighted by molar-refractivity contribution is 5.94. The number of carbonyl (C=O) groups excluding carboxylic acids is 2. The number of carbonyl (C=O) groups is 2. The van der Waals surface area contributed by atoms with E-state index in [4.69, 9.17) is 4.74 Å². The number of para-hydroxylation sites is 1. The topological polar surface area (TPSA) is 67.4 Å². The van der Waals surface area contributed by atoms with Crippen LogP contribution >= 0.6 is 0 Å². The molecule has 2 amide bonds. The second-order valence-corrected chi connectivity index (χ2v) is 4.91. The van der Waals surface area contributed by atoms with E-state index < -0.39 is 5.82 Å². The molecule has 120 valence electrons. The van der Waals surface area contributed by atoms with E-state index in [1.807, 2.05) is 0 Å². The number of halogens is 1. The predicted octanol–water partition coefficient (Wildman–Crippen LogP) is 2.97. The first-order valence-electron chi connectivity index (χ1n) is 6.98. The Kier molecular flexibility index (Phi) is 5.30. The number of nitrogens with one attached hydrogen (secondary N) is 2. The lowest BCUT2D eigenvalue weighted by atomic mass is 10.1. The summed E-state index contributed by atoms with van der Waals surface area (Å²) in [6.07, 6.45) is 0.0494. The summed E-state index contributed by atoms with van der Waals surface area (Å²) < 4.78 is 19.0. The summed E-state index contributed by atoms with van der Waals surface area (Å²) in [5.74, 6) is -0.640. The van der Waals surface area contributed by atoms with Gasteiger partial charge in [-0.3, -0.25) is 9.59 Å². The van der Waals surface area contributed by atoms with Crippen molar-refractivity contribution in [3.8, 4) is 5.75 Å². The van der Waals surface area contributed by atoms with Crippen molar-refractivity contribution in [1.29, 1.82) is 0 Å². The van der Waals surface area contributed by atoms with Crippen LogP contribution in [-0.4, -0.2) is 18.9 Å². The lowest BCUT2D eigenvalue weighted by molar-refractivity contribution is -0.116. The molecule has 0 saturated heterocycles. The lowest BCUT2D eigenvalue weighted by Crippen LogP contribution is -2.16. The van der Waals surface area contributed by atoms with Crippen LogP contribution in [0.25, 0.3) is 0 Å². The summed E-state index contributed by atoms with van der Waals surface area (Å²) >= 11 is 0. The van der Waals surface area contributed by atoms with E-state index in [2.05, 4.69) is 10.6 Å². The van der Waals surface area contributed by atoms with E-state index in [0.717, 1.165) is 0 Å². The number of amides is 2. The third kappa shape index (κ3) is 4.54. The maximum absolute atomic E-state index is 13.8. The Morgan fingerprint density at radius 3 is 2.57 bits per heavy atom. The average molecular weight is 316 g/mol. The van der Waals surface area contributed by atoms with Crippen LogP contribution in [0.4, 0.5) is 15.8 Å². The molecule has 0 aliphatic carbocycles. The number of hydrogen-bond donors (Lipinski definition) is 2. The fourth-order valence-electron chi connectivity index (χ4n) is 2.12. The van der Waals surface area contributed by atoms with Gasteiger partial charge in [0.2, 0.25) is 11.8 Å². The largest absolute Gasteiger partial charge is 0.496 e. The minimum atomic E-state index is -0.576. The highest BCUT2D eigenvalue weighted by Crippen LogP contribution is 2.21. The summed E-state index contributed by atoms with van der Waals surface area (Å²) in [5.41, 5.74) is 1.12. The number of benzene rings is 2. The summed E-state index contributed by atoms with van der Waals surface area (Å²) in [6.45, 7) is 1.35. The summed E-state index contributed by atoms with van der Waals surface area (Å²) in [7, 11) is 1.52. The van der Waals surface area contributed by atoms with E-state index in [-0.39, 0.29) is 23.9 Å². The Bertz CT molecular complexity index is 732. The molecule has 2 aromatic carbocycles. The van der Waals surface area contributed by atoms with Crippen LogP contribution < -0.4 is 15.4 Å². The molecule has 0 unspecified atom stereocenters. The molecule has 2 rings (SSSR count). The Morgan fingerprint density at radius 1 is 1.13 bits per heavy atom. The summed E-state index contributed by atoms with van der Waals surface area (Å²) in [4.78, 5) is 23.2. The van der Waals surface area contributed by atoms with Crippen molar-refractivity contribution >= 4 is 23.2 Å². The van der Waals surface area contributed by atoms with Gasteiger partial charge in [0.05, 0.1) is 19.2 Å². The van der Waals surface area contributed by atoms with Gasteiger partial charge in [-0.05, 0) is 24.3 Å². The van der Waals surface area contributed by atoms with Gasteiger partial charge in [-0.15, -0.1) is 0 Å². The number of methoxy groups -OCH3 is 1. The molecule has 2 aromatic rings. The molecule has 5 nitrogen and oxygen atoms in total. The molecular weight excluding hydrogens is 299 g/mol. The van der Waals surface area contributed by atoms with Gasteiger partial charge in [0, 0.05) is 18.2 Å². The fourth-order valence-corrected chi connectivity index (χ4v) is 2.12. The van der Waals surface area contributed by atoms with E-state index in [0.29, 0.717) is 17.0 Å². The zero-order valence-corrected chi connectivity index (χ0v) is 12.9. The maximum atomic E-state index is 13.8. The van der Waals surface area contributed by atoms with E-state index >= 15 is 0 Å². The van der Waals surface area contributed by atoms with Gasteiger partial charge < -0.3 is 15.4 Å². The second kappa shape index (κ2) is 7.40. The van der Waals surface area contributed by atoms with Crippen molar-refractivity contribution in [2.45, 2.75) is 13.3 Å². The monoisotopic (exact) mass is 316 g/mol. The van der Waals surface area contributed by atoms with Crippen molar-refractivity contribution in [2.24, 2.45) is 0 Å². The van der Waals surface area contributed by atoms with Crippen molar-refractivity contribution in [2.75, 3.05) is 17.7 Å². The van der Waals surface area contributed by atoms with Crippen LogP contribution in [0.1, 0.15) is 12.5 Å². The Balaban J connectivity index is 2.12. The molecule has 0 saturated carbocycles. The molecule has 0 heterocycles. The molecule has 0 fully saturated rings. The van der Waals surface area contributed by atoms with Crippen LogP contribution in [0, 0.1) is 5.82 Å². The van der Waals surface area contributed by atoms with Gasteiger partial charge in [0.15, 0.2) is 0 Å². The number of hydrogen-bond acceptors (Lipinski definition) is 3. The van der Waals surface area contributed by atoms with E-state index in [9.17, 15) is 14.0 Å². The van der Waals surface area contributed by atoms with Crippen LogP contribution in [0.3, 0.4) is 0 Å². The normalized spacial score (nSPS) is 10.0. The summed E-state index contributed by atoms with van der Waals surface area (Å²) in [5, 5.41) is 5.04. The number of rotatable bonds is 5. The minimum absolute atomic E-state index is 0.0103. The van der Waals surface area contributed by atoms with Crippen molar-refractivity contribution in [3.05, 3.63) is 53.8 Å². The van der Waals surface area contributed by atoms with Gasteiger partial charge >= 0.3 is 0 Å². The lowest BCUT2D eigenvalue weighted by Gasteiger charge is -2.11. The van der Waals surface area contributed by atoms with Gasteiger partial charge in [0.25, 0.3) is 0 Å². The second-order valence-electron chi connectivity index (χ2n) is 4.91. The van der Waals surface area contributed by atoms with Gasteiger partial charge in [-0.25, -0.2) is 4.39 Å². The smallest absolute Gasteiger partial charge is 0.229 e. The van der Waals surface area contributed by atoms with Crippen molar-refractivity contribution < 1.29 is 18.7 Å². The average Bonchev–Trinajstić information content (AvgIpc) is 2.50. The maximum Gasteiger partial charge on any atom is 0.229 e. The Hall–Kier alpha value is -2.89. The van der Waals surface area contributed by atoms with Gasteiger partial charge in [-0.2, -0.15) is 0 Å². The molecular formula is C17H17FN2O3. The molecule has 0 radical (unpaired) electrons. The highest BCUT2D eigenvalue weighted by Gasteiger charge is 2.11. The van der Waals surface area contributed by atoms with Gasteiger partial charge in [-0.1, -0.05) is 18.2 Å². The van der Waals surface area contributed by atoms with Gasteiger partial charge in [0.1, 0.15) is 11.6 Å². The SMILES string of the molecule is COc1ccccc1CC(=O)Nc1cc(NC(C)=O)ccc1F. The van der Waals surface area contributed by atoms with Crippen LogP contribution in [-0.2, 0) is 16.0 Å². The third-order valence-corrected chi connectivity index (χ3v) is 3.10. The predicted molar refractivity (Wildman–Crippen MR) is 86.0 cm³/mol. The molecule has 0 aliphatic heterocycles. The first-order valence-corrected chi connectivity index (χ1v) is 6.98. The first-order chi connectivity index (χ1) is 11.0. The molecule has 0 bridgehead atoms. The molecule has 0 spiro atoms. The Labute approximate surface area is 133 Å². The van der Waals surface area contributed by atoms with E-state index in [1.54, 1.807) is 24.3 Å². The summed E-state index contributed by atoms with van der Waals surface area (Å²) in [6, 6.07) is 11.1. The van der Waals surface area contributed by atoms with E-state index in [1.165, 1.54) is 32.2 Å². The third-order valence-electron chi connectivity index (χ3n) is 3.10. The number of anilines is 2. The standard InChI is InChI=1S/C17H17FN2O3/c1-11(21)19-13-7-8-14(18)15(10-13)20-17(22)9-12-5-3-4-6-16(12)23-2/h3-8,10H,9H2,1-2H3,(H,19,21)(H,20,22). The van der Waals surface area contributed by atoms with Crippen LogP contribution in [0.15, 0.2) is 42.5 Å². The van der Waals surface area contributed by atoms with Crippen molar-refractivity contribution in [3.63, 3.8) is 0 Å². The van der Waals surface area contributed by atoms with Crippen LogP contribution in [0.5, 0.6) is 5.75 Å². The highest BCUT2D eigenvalue weighted by atomic mass is 19.1. The van der Waals surface area contributed by atoms with Crippen molar-refractivity contribution in [1.82, 2.24) is 0 Å². The molecule has 2 N–H and O–H groups in total. The molecule has 0 aromatic heterocycles. The number of ether oxygens (including phenoxy) is 1. The molecule has 6 heteroatoms. The molecule has 0 atom stereocenters. The molecule has 0 aliphatic rings. The van der Waals surface area contributed by atoms with Crippen LogP contribution in [0.2, 0.25) is 0 Å². The zero-order chi connectivity index (χ0) is 16.8. The first kappa shape index (κ1) is 16.5. The minimum Gasteiger partial charge on any atom is -0.496 e. The molecule has 23 heavy (non-hydrogen) atoms. The Morgan fingerprint density at radius 2 is 1.87 bits per heavy atom.